The number of esters is 1. The largest absolute Gasteiger partial charge is 0.509 e. The molecule has 2 aliphatic rings. The smallest absolute Gasteiger partial charge is 0.340 e. The maximum absolute atomic E-state index is 12.2. The SMILES string of the molecule is COC(=O)[C@]12CS[C@H](C(C)C)N1C(=O)C(C)=C2O. The molecule has 0 bridgehead atoms. The topological polar surface area (TPSA) is 66.8 Å². The van der Waals surface area contributed by atoms with E-state index < -0.39 is 11.5 Å². The van der Waals surface area contributed by atoms with E-state index in [0.717, 1.165) is 0 Å². The minimum atomic E-state index is -1.31. The number of methoxy groups -OCH3 is 1. The van der Waals surface area contributed by atoms with Crippen LogP contribution in [-0.2, 0) is 14.3 Å². The van der Waals surface area contributed by atoms with Crippen molar-refractivity contribution in [2.45, 2.75) is 31.7 Å². The highest BCUT2D eigenvalue weighted by molar-refractivity contribution is 8.00. The number of thioether (sulfide) groups is 1. The van der Waals surface area contributed by atoms with Gasteiger partial charge in [0.2, 0.25) is 5.54 Å². The monoisotopic (exact) mass is 271 g/mol. The number of hydrogen-bond donors (Lipinski definition) is 1. The summed E-state index contributed by atoms with van der Waals surface area (Å²) in [6.45, 7) is 5.52. The lowest BCUT2D eigenvalue weighted by atomic mass is 9.98. The zero-order valence-corrected chi connectivity index (χ0v) is 11.7. The normalized spacial score (nSPS) is 31.3. The summed E-state index contributed by atoms with van der Waals surface area (Å²) >= 11 is 1.50. The third kappa shape index (κ3) is 1.41. The highest BCUT2D eigenvalue weighted by Gasteiger charge is 2.63. The minimum absolute atomic E-state index is 0.115. The van der Waals surface area contributed by atoms with Crippen molar-refractivity contribution in [2.24, 2.45) is 5.92 Å². The maximum atomic E-state index is 12.2. The van der Waals surface area contributed by atoms with Gasteiger partial charge in [-0.2, -0.15) is 0 Å². The number of hydrogen-bond acceptors (Lipinski definition) is 5. The van der Waals surface area contributed by atoms with Crippen LogP contribution < -0.4 is 0 Å². The Hall–Kier alpha value is -1.17. The highest BCUT2D eigenvalue weighted by atomic mass is 32.2. The minimum Gasteiger partial charge on any atom is -0.509 e. The van der Waals surface area contributed by atoms with Gasteiger partial charge in [-0.1, -0.05) is 13.8 Å². The maximum Gasteiger partial charge on any atom is 0.340 e. The molecule has 1 N–H and O–H groups in total. The van der Waals surface area contributed by atoms with E-state index >= 15 is 0 Å². The van der Waals surface area contributed by atoms with Crippen LogP contribution in [0.2, 0.25) is 0 Å². The van der Waals surface area contributed by atoms with E-state index in [9.17, 15) is 14.7 Å². The van der Waals surface area contributed by atoms with Gasteiger partial charge in [-0.05, 0) is 12.8 Å². The van der Waals surface area contributed by atoms with Gasteiger partial charge in [0.25, 0.3) is 5.91 Å². The lowest BCUT2D eigenvalue weighted by Crippen LogP contribution is -2.55. The molecule has 5 nitrogen and oxygen atoms in total. The molecule has 0 aromatic carbocycles. The van der Waals surface area contributed by atoms with Gasteiger partial charge in [0, 0.05) is 5.75 Å². The summed E-state index contributed by atoms with van der Waals surface area (Å²) in [5.74, 6) is -0.459. The Kier molecular flexibility index (Phi) is 3.09. The predicted octanol–water partition coefficient (Wildman–Crippen LogP) is 1.30. The van der Waals surface area contributed by atoms with Crippen LogP contribution in [0.4, 0.5) is 0 Å². The second-order valence-electron chi connectivity index (χ2n) is 4.95. The fourth-order valence-corrected chi connectivity index (χ4v) is 4.16. The first-order valence-corrected chi connectivity index (χ1v) is 6.86. The molecule has 2 rings (SSSR count). The first-order valence-electron chi connectivity index (χ1n) is 5.82. The van der Waals surface area contributed by atoms with Crippen LogP contribution in [0.3, 0.4) is 0 Å². The van der Waals surface area contributed by atoms with Crippen LogP contribution in [-0.4, -0.2) is 45.7 Å². The van der Waals surface area contributed by atoms with Gasteiger partial charge in [0.05, 0.1) is 18.1 Å². The molecule has 6 heteroatoms. The molecule has 0 aromatic rings. The fourth-order valence-electron chi connectivity index (χ4n) is 2.54. The first-order chi connectivity index (χ1) is 8.37. The Labute approximate surface area is 110 Å². The van der Waals surface area contributed by atoms with Crippen LogP contribution in [0.15, 0.2) is 11.3 Å². The standard InChI is InChI=1S/C12H17NO4S/c1-6(2)10-13-9(15)7(3)8(14)12(13,5-18-10)11(16)17-4/h6,10,14H,5H2,1-4H3/t10-,12-/m1/s1. The average Bonchev–Trinajstić information content (AvgIpc) is 2.82. The summed E-state index contributed by atoms with van der Waals surface area (Å²) in [5, 5.41) is 10.1. The third-order valence-corrected chi connectivity index (χ3v) is 5.19. The van der Waals surface area contributed by atoms with Crippen LogP contribution in [0.5, 0.6) is 0 Å². The second kappa shape index (κ2) is 4.19. The number of ether oxygens (including phenoxy) is 1. The van der Waals surface area contributed by atoms with Gasteiger partial charge in [-0.3, -0.25) is 4.79 Å². The first kappa shape index (κ1) is 13.3. The number of rotatable bonds is 2. The molecule has 100 valence electrons. The van der Waals surface area contributed by atoms with E-state index in [4.69, 9.17) is 4.74 Å². The van der Waals surface area contributed by atoms with Crippen molar-refractivity contribution >= 4 is 23.6 Å². The number of amides is 1. The average molecular weight is 271 g/mol. The number of nitrogens with zero attached hydrogens (tertiary/aromatic N) is 1. The van der Waals surface area contributed by atoms with Gasteiger partial charge in [-0.15, -0.1) is 11.8 Å². The molecular weight excluding hydrogens is 254 g/mol. The van der Waals surface area contributed by atoms with Crippen molar-refractivity contribution < 1.29 is 19.4 Å². The van der Waals surface area contributed by atoms with E-state index in [1.807, 2.05) is 13.8 Å². The number of aliphatic hydroxyl groups is 1. The van der Waals surface area contributed by atoms with E-state index in [2.05, 4.69) is 0 Å². The fraction of sp³-hybridized carbons (Fsp3) is 0.667. The van der Waals surface area contributed by atoms with E-state index in [0.29, 0.717) is 5.75 Å². The molecule has 0 saturated carbocycles. The van der Waals surface area contributed by atoms with Gasteiger partial charge in [0.1, 0.15) is 5.76 Å². The third-order valence-electron chi connectivity index (χ3n) is 3.51. The summed E-state index contributed by atoms with van der Waals surface area (Å²) in [5.41, 5.74) is -1.07. The Morgan fingerprint density at radius 3 is 2.72 bits per heavy atom. The van der Waals surface area contributed by atoms with Gasteiger partial charge < -0.3 is 14.7 Å². The van der Waals surface area contributed by atoms with Crippen molar-refractivity contribution in [3.05, 3.63) is 11.3 Å². The summed E-state index contributed by atoms with van der Waals surface area (Å²) in [4.78, 5) is 25.8. The second-order valence-corrected chi connectivity index (χ2v) is 6.05. The summed E-state index contributed by atoms with van der Waals surface area (Å²) in [6.07, 6.45) is 0. The Balaban J connectivity index is 2.53. The zero-order chi connectivity index (χ0) is 13.7. The number of carbonyl (C=O) groups excluding carboxylic acids is 2. The Morgan fingerprint density at radius 2 is 2.22 bits per heavy atom. The van der Waals surface area contributed by atoms with Crippen molar-refractivity contribution in [1.29, 1.82) is 0 Å². The van der Waals surface area contributed by atoms with Crippen molar-refractivity contribution in [3.63, 3.8) is 0 Å². The van der Waals surface area contributed by atoms with Gasteiger partial charge >= 0.3 is 5.97 Å². The molecule has 0 radical (unpaired) electrons. The van der Waals surface area contributed by atoms with Gasteiger partial charge in [0.15, 0.2) is 0 Å². The van der Waals surface area contributed by atoms with Gasteiger partial charge in [-0.25, -0.2) is 4.79 Å². The quantitative estimate of drug-likeness (QED) is 0.767. The molecule has 0 aliphatic carbocycles. The highest BCUT2D eigenvalue weighted by Crippen LogP contribution is 2.49. The summed E-state index contributed by atoms with van der Waals surface area (Å²) < 4.78 is 4.79. The van der Waals surface area contributed by atoms with Crippen LogP contribution in [0, 0.1) is 5.92 Å². The molecule has 1 saturated heterocycles. The molecule has 0 spiro atoms. The van der Waals surface area contributed by atoms with E-state index in [-0.39, 0.29) is 28.5 Å². The summed E-state index contributed by atoms with van der Waals surface area (Å²) in [6, 6.07) is 0. The Morgan fingerprint density at radius 1 is 1.61 bits per heavy atom. The van der Waals surface area contributed by atoms with E-state index in [1.165, 1.54) is 23.8 Å². The van der Waals surface area contributed by atoms with Crippen LogP contribution >= 0.6 is 11.8 Å². The van der Waals surface area contributed by atoms with Crippen LogP contribution in [0.1, 0.15) is 20.8 Å². The number of aliphatic hydroxyl groups excluding tert-OH is 1. The molecular formula is C12H17NO4S. The molecule has 2 aliphatic heterocycles. The molecule has 0 aromatic heterocycles. The molecule has 2 atom stereocenters. The number of fused-ring (bicyclic) bond motifs is 1. The lowest BCUT2D eigenvalue weighted by molar-refractivity contribution is -0.156. The van der Waals surface area contributed by atoms with E-state index in [1.54, 1.807) is 6.92 Å². The predicted molar refractivity (Wildman–Crippen MR) is 68.0 cm³/mol. The molecule has 18 heavy (non-hydrogen) atoms. The van der Waals surface area contributed by atoms with Crippen LogP contribution in [0.25, 0.3) is 0 Å². The lowest BCUT2D eigenvalue weighted by Gasteiger charge is -2.33. The summed E-state index contributed by atoms with van der Waals surface area (Å²) in [7, 11) is 1.27. The molecule has 1 amide bonds. The molecule has 1 fully saturated rings. The number of carbonyl (C=O) groups is 2. The Bertz CT molecular complexity index is 445. The van der Waals surface area contributed by atoms with Crippen molar-refractivity contribution in [2.75, 3.05) is 12.9 Å². The van der Waals surface area contributed by atoms with Crippen molar-refractivity contribution in [3.8, 4) is 0 Å². The molecule has 2 heterocycles. The van der Waals surface area contributed by atoms with Crippen molar-refractivity contribution in [1.82, 2.24) is 4.90 Å². The zero-order valence-electron chi connectivity index (χ0n) is 10.9. The molecule has 0 unspecified atom stereocenters.